The van der Waals surface area contributed by atoms with Crippen molar-refractivity contribution < 1.29 is 4.79 Å². The molecule has 0 spiro atoms. The Morgan fingerprint density at radius 1 is 0.955 bits per heavy atom. The number of Topliss-reactive ketones (excluding diaryl/α,β-unsaturated/α-hetero) is 1. The van der Waals surface area contributed by atoms with Gasteiger partial charge in [-0.05, 0) is 42.2 Å². The van der Waals surface area contributed by atoms with Crippen LogP contribution in [-0.4, -0.2) is 20.8 Å². The highest BCUT2D eigenvalue weighted by Gasteiger charge is 2.07. The molecule has 0 radical (unpaired) electrons. The second kappa shape index (κ2) is 6.35. The molecule has 0 aliphatic heterocycles. The van der Waals surface area contributed by atoms with Crippen LogP contribution in [0.15, 0.2) is 60.9 Å². The summed E-state index contributed by atoms with van der Waals surface area (Å²) in [7, 11) is 0. The zero-order chi connectivity index (χ0) is 15.4. The molecule has 4 nitrogen and oxygen atoms in total. The summed E-state index contributed by atoms with van der Waals surface area (Å²) in [5.41, 5.74) is 4.12. The first-order chi connectivity index (χ1) is 10.7. The van der Waals surface area contributed by atoms with E-state index in [-0.39, 0.29) is 5.78 Å². The van der Waals surface area contributed by atoms with E-state index < -0.39 is 0 Å². The molecule has 0 bridgehead atoms. The molecule has 3 aromatic rings. The topological polar surface area (TPSA) is 47.8 Å². The van der Waals surface area contributed by atoms with E-state index in [1.807, 2.05) is 30.3 Å². The second-order valence-electron chi connectivity index (χ2n) is 5.32. The lowest BCUT2D eigenvalue weighted by molar-refractivity contribution is 0.101. The molecule has 0 saturated carbocycles. The van der Waals surface area contributed by atoms with Gasteiger partial charge in [0.15, 0.2) is 5.78 Å². The third kappa shape index (κ3) is 3.47. The second-order valence-corrected chi connectivity index (χ2v) is 5.32. The highest BCUT2D eigenvalue weighted by molar-refractivity contribution is 5.94. The third-order valence-electron chi connectivity index (χ3n) is 3.50. The number of carbonyl (C=O) groups excluding carboxylic acids is 1. The van der Waals surface area contributed by atoms with E-state index >= 15 is 0 Å². The van der Waals surface area contributed by atoms with Crippen molar-refractivity contribution in [1.29, 1.82) is 0 Å². The highest BCUT2D eigenvalue weighted by Crippen LogP contribution is 2.16. The van der Waals surface area contributed by atoms with E-state index in [2.05, 4.69) is 28.4 Å². The van der Waals surface area contributed by atoms with Gasteiger partial charge in [0.1, 0.15) is 0 Å². The Kier molecular flexibility index (Phi) is 4.10. The van der Waals surface area contributed by atoms with E-state index in [1.54, 1.807) is 24.1 Å². The van der Waals surface area contributed by atoms with Crippen LogP contribution in [0, 0.1) is 0 Å². The van der Waals surface area contributed by atoms with Gasteiger partial charge in [0.25, 0.3) is 0 Å². The molecule has 0 aliphatic carbocycles. The Balaban J connectivity index is 1.91. The molecule has 0 fully saturated rings. The normalized spacial score (nSPS) is 10.6. The number of ketones is 1. The average Bonchev–Trinajstić information content (AvgIpc) is 3.01. The molecular formula is C18H17N3O. The van der Waals surface area contributed by atoms with E-state index in [0.29, 0.717) is 6.54 Å². The van der Waals surface area contributed by atoms with Gasteiger partial charge in [-0.15, -0.1) is 0 Å². The quantitative estimate of drug-likeness (QED) is 0.679. The maximum Gasteiger partial charge on any atom is 0.159 e. The Morgan fingerprint density at radius 2 is 1.64 bits per heavy atom. The first-order valence-corrected chi connectivity index (χ1v) is 7.22. The first-order valence-electron chi connectivity index (χ1n) is 7.22. The van der Waals surface area contributed by atoms with Gasteiger partial charge in [0.2, 0.25) is 0 Å². The number of rotatable bonds is 5. The summed E-state index contributed by atoms with van der Waals surface area (Å²) in [5, 5.41) is 8.24. The van der Waals surface area contributed by atoms with Crippen LogP contribution in [0.5, 0.6) is 0 Å². The molecule has 110 valence electrons. The SMILES string of the molecule is CC(=O)c1cc(Cc2ccccc2)cc(Cn2nccn2)c1. The molecule has 0 atom stereocenters. The lowest BCUT2D eigenvalue weighted by Crippen LogP contribution is -2.06. The summed E-state index contributed by atoms with van der Waals surface area (Å²) >= 11 is 0. The fraction of sp³-hybridized carbons (Fsp3) is 0.167. The van der Waals surface area contributed by atoms with Gasteiger partial charge < -0.3 is 0 Å². The lowest BCUT2D eigenvalue weighted by atomic mass is 9.98. The van der Waals surface area contributed by atoms with Crippen LogP contribution in [-0.2, 0) is 13.0 Å². The molecule has 2 aromatic carbocycles. The minimum atomic E-state index is 0.0737. The van der Waals surface area contributed by atoms with Crippen LogP contribution in [0.25, 0.3) is 0 Å². The summed E-state index contributed by atoms with van der Waals surface area (Å²) in [5.74, 6) is 0.0737. The molecule has 0 unspecified atom stereocenters. The van der Waals surface area contributed by atoms with Gasteiger partial charge in [-0.1, -0.05) is 36.4 Å². The van der Waals surface area contributed by atoms with Gasteiger partial charge in [-0.25, -0.2) is 0 Å². The Bertz CT molecular complexity index is 764. The van der Waals surface area contributed by atoms with E-state index in [4.69, 9.17) is 0 Å². The van der Waals surface area contributed by atoms with Crippen LogP contribution in [0.2, 0.25) is 0 Å². The molecule has 4 heteroatoms. The van der Waals surface area contributed by atoms with Gasteiger partial charge in [0.05, 0.1) is 18.9 Å². The third-order valence-corrected chi connectivity index (χ3v) is 3.50. The highest BCUT2D eigenvalue weighted by atomic mass is 16.1. The van der Waals surface area contributed by atoms with Crippen LogP contribution >= 0.6 is 0 Å². The summed E-state index contributed by atoms with van der Waals surface area (Å²) < 4.78 is 0. The van der Waals surface area contributed by atoms with Gasteiger partial charge in [0, 0.05) is 5.56 Å². The smallest absolute Gasteiger partial charge is 0.159 e. The monoisotopic (exact) mass is 291 g/mol. The molecule has 0 amide bonds. The Labute approximate surface area is 129 Å². The molecule has 1 heterocycles. The summed E-state index contributed by atoms with van der Waals surface area (Å²) in [6, 6.07) is 16.2. The zero-order valence-electron chi connectivity index (χ0n) is 12.4. The van der Waals surface area contributed by atoms with Crippen LogP contribution < -0.4 is 0 Å². The minimum Gasteiger partial charge on any atom is -0.295 e. The summed E-state index contributed by atoms with van der Waals surface area (Å²) in [6.07, 6.45) is 4.11. The number of nitrogens with zero attached hydrogens (tertiary/aromatic N) is 3. The molecule has 1 aromatic heterocycles. The molecular weight excluding hydrogens is 274 g/mol. The van der Waals surface area contributed by atoms with Gasteiger partial charge in [-0.2, -0.15) is 15.0 Å². The van der Waals surface area contributed by atoms with Crippen molar-refractivity contribution in [1.82, 2.24) is 15.0 Å². The number of benzene rings is 2. The van der Waals surface area contributed by atoms with Crippen molar-refractivity contribution in [3.05, 3.63) is 83.2 Å². The molecule has 0 aliphatic rings. The van der Waals surface area contributed by atoms with Crippen molar-refractivity contribution >= 4 is 5.78 Å². The standard InChI is InChI=1S/C18H17N3O/c1-14(22)18-11-16(9-15-5-3-2-4-6-15)10-17(12-18)13-21-19-7-8-20-21/h2-8,10-12H,9,13H2,1H3. The number of carbonyl (C=O) groups is 1. The van der Waals surface area contributed by atoms with E-state index in [0.717, 1.165) is 23.1 Å². The summed E-state index contributed by atoms with van der Waals surface area (Å²) in [6.45, 7) is 2.16. The van der Waals surface area contributed by atoms with Crippen molar-refractivity contribution in [3.63, 3.8) is 0 Å². The average molecular weight is 291 g/mol. The number of hydrogen-bond donors (Lipinski definition) is 0. The molecule has 0 N–H and O–H groups in total. The van der Waals surface area contributed by atoms with Crippen molar-refractivity contribution in [3.8, 4) is 0 Å². The fourth-order valence-corrected chi connectivity index (χ4v) is 2.48. The minimum absolute atomic E-state index is 0.0737. The lowest BCUT2D eigenvalue weighted by Gasteiger charge is -2.09. The number of aromatic nitrogens is 3. The van der Waals surface area contributed by atoms with Crippen molar-refractivity contribution in [2.45, 2.75) is 19.9 Å². The Hall–Kier alpha value is -2.75. The van der Waals surface area contributed by atoms with Crippen LogP contribution in [0.4, 0.5) is 0 Å². The van der Waals surface area contributed by atoms with E-state index in [9.17, 15) is 4.79 Å². The fourth-order valence-electron chi connectivity index (χ4n) is 2.48. The molecule has 3 rings (SSSR count). The van der Waals surface area contributed by atoms with Crippen molar-refractivity contribution in [2.24, 2.45) is 0 Å². The van der Waals surface area contributed by atoms with E-state index in [1.165, 1.54) is 5.56 Å². The first kappa shape index (κ1) is 14.2. The maximum atomic E-state index is 11.8. The van der Waals surface area contributed by atoms with Gasteiger partial charge in [-0.3, -0.25) is 4.79 Å². The Morgan fingerprint density at radius 3 is 2.32 bits per heavy atom. The largest absolute Gasteiger partial charge is 0.295 e. The van der Waals surface area contributed by atoms with Crippen molar-refractivity contribution in [2.75, 3.05) is 0 Å². The number of hydrogen-bond acceptors (Lipinski definition) is 3. The predicted molar refractivity (Wildman–Crippen MR) is 84.8 cm³/mol. The molecule has 0 saturated heterocycles. The maximum absolute atomic E-state index is 11.8. The van der Waals surface area contributed by atoms with Crippen LogP contribution in [0.3, 0.4) is 0 Å². The predicted octanol–water partition coefficient (Wildman–Crippen LogP) is 3.12. The van der Waals surface area contributed by atoms with Crippen LogP contribution in [0.1, 0.15) is 34.0 Å². The van der Waals surface area contributed by atoms with Gasteiger partial charge >= 0.3 is 0 Å². The zero-order valence-corrected chi connectivity index (χ0v) is 12.4. The molecule has 22 heavy (non-hydrogen) atoms. The summed E-state index contributed by atoms with van der Waals surface area (Å²) in [4.78, 5) is 13.4.